The van der Waals surface area contributed by atoms with Gasteiger partial charge in [-0.15, -0.1) is 0 Å². The number of ether oxygens (including phenoxy) is 1. The summed E-state index contributed by atoms with van der Waals surface area (Å²) in [6, 6.07) is 2.00. The molecule has 20 heavy (non-hydrogen) atoms. The minimum Gasteiger partial charge on any atom is -0.394 e. The summed E-state index contributed by atoms with van der Waals surface area (Å²) in [6.07, 6.45) is -0.877. The highest BCUT2D eigenvalue weighted by molar-refractivity contribution is 5.35. The van der Waals surface area contributed by atoms with Crippen molar-refractivity contribution in [1.29, 1.82) is 0 Å². The summed E-state index contributed by atoms with van der Waals surface area (Å²) in [7, 11) is 0. The Hall–Kier alpha value is -1.48. The van der Waals surface area contributed by atoms with Gasteiger partial charge in [-0.1, -0.05) is 0 Å². The van der Waals surface area contributed by atoms with Crippen molar-refractivity contribution < 1.29 is 20.1 Å². The van der Waals surface area contributed by atoms with E-state index in [0.29, 0.717) is 11.9 Å². The Bertz CT molecular complexity index is 544. The van der Waals surface area contributed by atoms with E-state index in [2.05, 4.69) is 10.3 Å². The molecule has 110 valence electrons. The summed E-state index contributed by atoms with van der Waals surface area (Å²) < 4.78 is 6.40. The van der Waals surface area contributed by atoms with E-state index >= 15 is 0 Å². The van der Waals surface area contributed by atoms with Crippen LogP contribution in [0, 0.1) is 0 Å². The lowest BCUT2D eigenvalue weighted by atomic mass is 10.1. The van der Waals surface area contributed by atoms with Gasteiger partial charge in [0.15, 0.2) is 6.23 Å². The van der Waals surface area contributed by atoms with Crippen LogP contribution in [0.2, 0.25) is 0 Å². The van der Waals surface area contributed by atoms with Crippen molar-refractivity contribution in [3.05, 3.63) is 22.7 Å². The monoisotopic (exact) mass is 283 g/mol. The zero-order chi connectivity index (χ0) is 14.3. The molecule has 4 atom stereocenters. The van der Waals surface area contributed by atoms with E-state index < -0.39 is 36.8 Å². The van der Waals surface area contributed by atoms with E-state index in [1.807, 2.05) is 0 Å². The number of hydrogen-bond donors (Lipinski definition) is 4. The number of hydrogen-bond acceptors (Lipinski definition) is 7. The Morgan fingerprint density at radius 3 is 2.70 bits per heavy atom. The lowest BCUT2D eigenvalue weighted by molar-refractivity contribution is -0.0549. The second-order valence-corrected chi connectivity index (χ2v) is 5.15. The van der Waals surface area contributed by atoms with Crippen molar-refractivity contribution in [2.75, 3.05) is 11.9 Å². The molecule has 8 nitrogen and oxygen atoms in total. The lowest BCUT2D eigenvalue weighted by Gasteiger charge is -2.17. The van der Waals surface area contributed by atoms with E-state index in [1.54, 1.807) is 6.07 Å². The summed E-state index contributed by atoms with van der Waals surface area (Å²) >= 11 is 0. The van der Waals surface area contributed by atoms with Crippen LogP contribution in [0.3, 0.4) is 0 Å². The normalized spacial score (nSPS) is 33.4. The van der Waals surface area contributed by atoms with Crippen LogP contribution >= 0.6 is 0 Å². The molecule has 1 aliphatic heterocycles. The van der Waals surface area contributed by atoms with Gasteiger partial charge in [-0.3, -0.25) is 4.57 Å². The Balaban J connectivity index is 1.81. The van der Waals surface area contributed by atoms with Crippen LogP contribution in [-0.2, 0) is 4.74 Å². The van der Waals surface area contributed by atoms with Gasteiger partial charge in [0.25, 0.3) is 0 Å². The predicted octanol–water partition coefficient (Wildman–Crippen LogP) is -1.57. The fraction of sp³-hybridized carbons (Fsp3) is 0.667. The molecule has 8 heteroatoms. The molecule has 1 aliphatic carbocycles. The molecule has 1 saturated carbocycles. The van der Waals surface area contributed by atoms with E-state index in [1.165, 1.54) is 6.20 Å². The molecule has 0 bridgehead atoms. The van der Waals surface area contributed by atoms with Crippen LogP contribution in [-0.4, -0.2) is 55.8 Å². The van der Waals surface area contributed by atoms with Crippen molar-refractivity contribution in [3.8, 4) is 0 Å². The van der Waals surface area contributed by atoms with Crippen LogP contribution in [0.25, 0.3) is 0 Å². The summed E-state index contributed by atoms with van der Waals surface area (Å²) in [5.41, 5.74) is -0.578. The van der Waals surface area contributed by atoms with E-state index in [4.69, 9.17) is 9.84 Å². The molecule has 1 saturated heterocycles. The zero-order valence-electron chi connectivity index (χ0n) is 10.7. The van der Waals surface area contributed by atoms with Crippen LogP contribution in [0.5, 0.6) is 0 Å². The van der Waals surface area contributed by atoms with Crippen molar-refractivity contribution in [3.63, 3.8) is 0 Å². The molecular weight excluding hydrogens is 266 g/mol. The third kappa shape index (κ3) is 2.42. The minimum atomic E-state index is -1.28. The first-order valence-corrected chi connectivity index (χ1v) is 6.58. The van der Waals surface area contributed by atoms with Crippen molar-refractivity contribution in [2.45, 2.75) is 43.4 Å². The molecule has 3 rings (SSSR count). The second-order valence-electron chi connectivity index (χ2n) is 5.15. The summed E-state index contributed by atoms with van der Waals surface area (Å²) in [6.45, 7) is -0.432. The van der Waals surface area contributed by atoms with Gasteiger partial charge in [0, 0.05) is 12.2 Å². The Labute approximate surface area is 114 Å². The van der Waals surface area contributed by atoms with Gasteiger partial charge in [0.1, 0.15) is 24.1 Å². The maximum Gasteiger partial charge on any atom is 0.351 e. The first kappa shape index (κ1) is 13.5. The maximum absolute atomic E-state index is 12.0. The molecule has 0 unspecified atom stereocenters. The fourth-order valence-corrected chi connectivity index (χ4v) is 2.23. The fourth-order valence-electron chi connectivity index (χ4n) is 2.23. The Morgan fingerprint density at radius 1 is 1.40 bits per heavy atom. The molecule has 0 radical (unpaired) electrons. The lowest BCUT2D eigenvalue weighted by Crippen LogP contribution is -2.36. The molecule has 2 fully saturated rings. The van der Waals surface area contributed by atoms with Gasteiger partial charge in [0.2, 0.25) is 0 Å². The SMILES string of the molecule is O=c1nc(NC2CC2)ccn1[C@H]1O[C@@H](CO)[C@H](O)[C@@H]1O. The van der Waals surface area contributed by atoms with Crippen molar-refractivity contribution in [1.82, 2.24) is 9.55 Å². The topological polar surface area (TPSA) is 117 Å². The standard InChI is InChI=1S/C12H17N3O5/c16-5-7-9(17)10(18)11(20-7)15-4-3-8(14-12(15)19)13-6-1-2-6/h3-4,6-7,9-11,16-18H,1-2,5H2,(H,13,14,19)/t7-,9-,10-,11-/m0/s1. The maximum atomic E-state index is 12.0. The van der Waals surface area contributed by atoms with E-state index in [-0.39, 0.29) is 0 Å². The first-order valence-electron chi connectivity index (χ1n) is 6.58. The Morgan fingerprint density at radius 2 is 2.15 bits per heavy atom. The third-order valence-corrected chi connectivity index (χ3v) is 3.55. The number of nitrogens with zero attached hydrogens (tertiary/aromatic N) is 2. The van der Waals surface area contributed by atoms with Gasteiger partial charge in [0.05, 0.1) is 6.61 Å². The Kier molecular flexibility index (Phi) is 3.47. The molecule has 0 amide bonds. The van der Waals surface area contributed by atoms with Gasteiger partial charge in [-0.05, 0) is 18.9 Å². The third-order valence-electron chi connectivity index (χ3n) is 3.55. The number of rotatable bonds is 4. The second kappa shape index (κ2) is 5.13. The minimum absolute atomic E-state index is 0.381. The highest BCUT2D eigenvalue weighted by Gasteiger charge is 2.43. The van der Waals surface area contributed by atoms with Crippen LogP contribution < -0.4 is 11.0 Å². The largest absolute Gasteiger partial charge is 0.394 e. The molecule has 1 aromatic heterocycles. The van der Waals surface area contributed by atoms with Crippen LogP contribution in [0.4, 0.5) is 5.82 Å². The number of aliphatic hydroxyl groups excluding tert-OH is 3. The zero-order valence-corrected chi connectivity index (χ0v) is 10.7. The van der Waals surface area contributed by atoms with Crippen LogP contribution in [0.1, 0.15) is 19.1 Å². The quantitative estimate of drug-likeness (QED) is 0.527. The highest BCUT2D eigenvalue weighted by Crippen LogP contribution is 2.28. The highest BCUT2D eigenvalue weighted by atomic mass is 16.6. The molecule has 0 spiro atoms. The van der Waals surface area contributed by atoms with Gasteiger partial charge >= 0.3 is 5.69 Å². The number of anilines is 1. The smallest absolute Gasteiger partial charge is 0.351 e. The average Bonchev–Trinajstić information content (AvgIpc) is 3.19. The van der Waals surface area contributed by atoms with Gasteiger partial charge in [-0.25, -0.2) is 4.79 Å². The van der Waals surface area contributed by atoms with E-state index in [0.717, 1.165) is 17.4 Å². The molecule has 1 aromatic rings. The average molecular weight is 283 g/mol. The van der Waals surface area contributed by atoms with Crippen molar-refractivity contribution >= 4 is 5.82 Å². The van der Waals surface area contributed by atoms with Gasteiger partial charge < -0.3 is 25.4 Å². The van der Waals surface area contributed by atoms with Crippen molar-refractivity contribution in [2.24, 2.45) is 0 Å². The number of aliphatic hydroxyl groups is 3. The predicted molar refractivity (Wildman–Crippen MR) is 68.2 cm³/mol. The summed E-state index contributed by atoms with van der Waals surface area (Å²) in [4.78, 5) is 15.8. The molecule has 2 heterocycles. The number of nitrogens with one attached hydrogen (secondary N) is 1. The van der Waals surface area contributed by atoms with E-state index in [9.17, 15) is 15.0 Å². The molecule has 4 N–H and O–H groups in total. The number of aromatic nitrogens is 2. The molecular formula is C12H17N3O5. The molecule has 2 aliphatic rings. The van der Waals surface area contributed by atoms with Gasteiger partial charge in [-0.2, -0.15) is 4.98 Å². The van der Waals surface area contributed by atoms with Crippen LogP contribution in [0.15, 0.2) is 17.1 Å². The first-order chi connectivity index (χ1) is 9.60. The molecule has 0 aromatic carbocycles. The summed E-state index contributed by atoms with van der Waals surface area (Å²) in [5, 5.41) is 31.7. The summed E-state index contributed by atoms with van der Waals surface area (Å²) in [5.74, 6) is 0.487.